The largest absolute Gasteiger partial charge is 0.353 e. The molecule has 1 saturated heterocycles. The smallest absolute Gasteiger partial charge is 0.158 e. The summed E-state index contributed by atoms with van der Waals surface area (Å²) >= 11 is 0. The van der Waals surface area contributed by atoms with Crippen LogP contribution in [-0.4, -0.2) is 24.8 Å². The number of ether oxygens (including phenoxy) is 2. The zero-order valence-corrected chi connectivity index (χ0v) is 11.6. The molecule has 0 aromatic carbocycles. The van der Waals surface area contributed by atoms with Crippen molar-refractivity contribution in [1.29, 1.82) is 0 Å². The molecule has 1 aliphatic heterocycles. The molecular formula is C16H24O3. The third-order valence-electron chi connectivity index (χ3n) is 5.82. The second kappa shape index (κ2) is 4.29. The first kappa shape index (κ1) is 12.3. The summed E-state index contributed by atoms with van der Waals surface area (Å²) < 4.78 is 12.2. The van der Waals surface area contributed by atoms with Crippen LogP contribution < -0.4 is 0 Å². The van der Waals surface area contributed by atoms with Crippen molar-refractivity contribution >= 4 is 6.29 Å². The van der Waals surface area contributed by atoms with Gasteiger partial charge in [-0.15, -0.1) is 0 Å². The number of carbonyl (C=O) groups is 1. The second-order valence-corrected chi connectivity index (χ2v) is 7.54. The molecule has 3 atom stereocenters. The van der Waals surface area contributed by atoms with Crippen molar-refractivity contribution in [3.63, 3.8) is 0 Å². The standard InChI is InChI=1S/C16H24O3/c17-11-15-6-12-5-13(7-15)9-16(8-12,10-15)19-14-3-1-2-4-18-14/h11-14H,1-10H2. The molecule has 5 fully saturated rings. The van der Waals surface area contributed by atoms with Gasteiger partial charge in [-0.1, -0.05) is 0 Å². The Hall–Kier alpha value is -0.410. The minimum atomic E-state index is -0.0568. The van der Waals surface area contributed by atoms with Gasteiger partial charge < -0.3 is 14.3 Å². The van der Waals surface area contributed by atoms with Crippen LogP contribution in [0.3, 0.4) is 0 Å². The van der Waals surface area contributed by atoms with E-state index < -0.39 is 0 Å². The third kappa shape index (κ3) is 2.06. The Morgan fingerprint density at radius 1 is 1.11 bits per heavy atom. The van der Waals surface area contributed by atoms with E-state index in [0.29, 0.717) is 0 Å². The zero-order valence-electron chi connectivity index (χ0n) is 11.6. The quantitative estimate of drug-likeness (QED) is 0.735. The van der Waals surface area contributed by atoms with Gasteiger partial charge in [0.15, 0.2) is 6.29 Å². The van der Waals surface area contributed by atoms with Crippen molar-refractivity contribution in [2.45, 2.75) is 69.7 Å². The van der Waals surface area contributed by atoms with Crippen LogP contribution in [0.15, 0.2) is 0 Å². The predicted molar refractivity (Wildman–Crippen MR) is 70.6 cm³/mol. The summed E-state index contributed by atoms with van der Waals surface area (Å²) in [6, 6.07) is 0. The Morgan fingerprint density at radius 2 is 1.89 bits per heavy atom. The van der Waals surface area contributed by atoms with Crippen molar-refractivity contribution in [2.24, 2.45) is 17.3 Å². The molecule has 4 saturated carbocycles. The Labute approximate surface area is 115 Å². The Morgan fingerprint density at radius 3 is 2.53 bits per heavy atom. The van der Waals surface area contributed by atoms with Crippen LogP contribution in [0.2, 0.25) is 0 Å². The van der Waals surface area contributed by atoms with Crippen LogP contribution in [0.4, 0.5) is 0 Å². The number of hydrogen-bond donors (Lipinski definition) is 0. The first-order valence-electron chi connectivity index (χ1n) is 7.97. The lowest BCUT2D eigenvalue weighted by molar-refractivity contribution is -0.273. The summed E-state index contributed by atoms with van der Waals surface area (Å²) in [7, 11) is 0. The fourth-order valence-electron chi connectivity index (χ4n) is 5.61. The van der Waals surface area contributed by atoms with Gasteiger partial charge in [0.1, 0.15) is 6.29 Å². The maximum atomic E-state index is 11.6. The number of rotatable bonds is 3. The number of aldehydes is 1. The highest BCUT2D eigenvalue weighted by Gasteiger charge is 2.59. The average molecular weight is 264 g/mol. The minimum Gasteiger partial charge on any atom is -0.353 e. The molecule has 3 unspecified atom stereocenters. The van der Waals surface area contributed by atoms with Gasteiger partial charge in [-0.3, -0.25) is 0 Å². The molecule has 4 bridgehead atoms. The van der Waals surface area contributed by atoms with Crippen LogP contribution in [-0.2, 0) is 14.3 Å². The first-order valence-corrected chi connectivity index (χ1v) is 7.97. The van der Waals surface area contributed by atoms with Crippen LogP contribution >= 0.6 is 0 Å². The molecule has 5 aliphatic rings. The fraction of sp³-hybridized carbons (Fsp3) is 0.938. The first-order chi connectivity index (χ1) is 9.21. The van der Waals surface area contributed by atoms with Gasteiger partial charge in [0.2, 0.25) is 0 Å². The van der Waals surface area contributed by atoms with Gasteiger partial charge in [-0.05, 0) is 69.6 Å². The molecule has 0 aromatic heterocycles. The van der Waals surface area contributed by atoms with E-state index in [1.165, 1.54) is 32.0 Å². The van der Waals surface area contributed by atoms with E-state index >= 15 is 0 Å². The maximum Gasteiger partial charge on any atom is 0.158 e. The normalized spacial score (nSPS) is 52.3. The zero-order chi connectivity index (χ0) is 12.9. The van der Waals surface area contributed by atoms with E-state index in [1.807, 2.05) is 0 Å². The molecule has 0 aromatic rings. The molecule has 3 nitrogen and oxygen atoms in total. The molecular weight excluding hydrogens is 240 g/mol. The van der Waals surface area contributed by atoms with Gasteiger partial charge in [-0.25, -0.2) is 0 Å². The molecule has 19 heavy (non-hydrogen) atoms. The van der Waals surface area contributed by atoms with E-state index in [-0.39, 0.29) is 17.3 Å². The third-order valence-corrected chi connectivity index (χ3v) is 5.82. The predicted octanol–water partition coefficient (Wildman–Crippen LogP) is 3.07. The van der Waals surface area contributed by atoms with Crippen molar-refractivity contribution in [3.8, 4) is 0 Å². The topological polar surface area (TPSA) is 35.5 Å². The highest BCUT2D eigenvalue weighted by molar-refractivity contribution is 5.61. The molecule has 0 N–H and O–H groups in total. The monoisotopic (exact) mass is 264 g/mol. The van der Waals surface area contributed by atoms with Crippen molar-refractivity contribution < 1.29 is 14.3 Å². The van der Waals surface area contributed by atoms with Crippen molar-refractivity contribution in [3.05, 3.63) is 0 Å². The van der Waals surface area contributed by atoms with Crippen LogP contribution in [0, 0.1) is 17.3 Å². The lowest BCUT2D eigenvalue weighted by atomic mass is 9.48. The molecule has 0 radical (unpaired) electrons. The highest BCUT2D eigenvalue weighted by atomic mass is 16.7. The van der Waals surface area contributed by atoms with Crippen molar-refractivity contribution in [2.75, 3.05) is 6.61 Å². The van der Waals surface area contributed by atoms with E-state index in [4.69, 9.17) is 9.47 Å². The van der Waals surface area contributed by atoms with E-state index in [1.54, 1.807) is 0 Å². The SMILES string of the molecule is O=CC12CC3CC(C1)CC(OC1CCCCO1)(C3)C2. The van der Waals surface area contributed by atoms with E-state index in [2.05, 4.69) is 0 Å². The summed E-state index contributed by atoms with van der Waals surface area (Å²) in [4.78, 5) is 11.6. The van der Waals surface area contributed by atoms with Gasteiger partial charge >= 0.3 is 0 Å². The molecule has 1 heterocycles. The lowest BCUT2D eigenvalue weighted by Gasteiger charge is -2.60. The molecule has 3 heteroatoms. The number of hydrogen-bond acceptors (Lipinski definition) is 3. The molecule has 0 spiro atoms. The molecule has 4 aliphatic carbocycles. The van der Waals surface area contributed by atoms with Crippen molar-refractivity contribution in [1.82, 2.24) is 0 Å². The molecule has 106 valence electrons. The molecule has 0 amide bonds. The van der Waals surface area contributed by atoms with Crippen LogP contribution in [0.5, 0.6) is 0 Å². The Balaban J connectivity index is 1.55. The fourth-order valence-corrected chi connectivity index (χ4v) is 5.61. The maximum absolute atomic E-state index is 11.6. The second-order valence-electron chi connectivity index (χ2n) is 7.54. The number of carbonyl (C=O) groups excluding carboxylic acids is 1. The van der Waals surface area contributed by atoms with E-state index in [9.17, 15) is 4.79 Å². The minimum absolute atomic E-state index is 0.00583. The molecule has 5 rings (SSSR count). The van der Waals surface area contributed by atoms with E-state index in [0.717, 1.165) is 50.5 Å². The Bertz CT molecular complexity index is 358. The highest BCUT2D eigenvalue weighted by Crippen LogP contribution is 2.62. The summed E-state index contributed by atoms with van der Waals surface area (Å²) in [6.45, 7) is 0.840. The summed E-state index contributed by atoms with van der Waals surface area (Å²) in [5.41, 5.74) is -0.0915. The van der Waals surface area contributed by atoms with Gasteiger partial charge in [0, 0.05) is 12.0 Å². The average Bonchev–Trinajstić information content (AvgIpc) is 2.38. The van der Waals surface area contributed by atoms with Gasteiger partial charge in [0.05, 0.1) is 5.60 Å². The summed E-state index contributed by atoms with van der Waals surface area (Å²) in [6.07, 6.45) is 11.5. The summed E-state index contributed by atoms with van der Waals surface area (Å²) in [5.74, 6) is 1.44. The lowest BCUT2D eigenvalue weighted by Crippen LogP contribution is -2.58. The Kier molecular flexibility index (Phi) is 2.79. The van der Waals surface area contributed by atoms with Gasteiger partial charge in [-0.2, -0.15) is 0 Å². The van der Waals surface area contributed by atoms with Gasteiger partial charge in [0.25, 0.3) is 0 Å². The summed E-state index contributed by atoms with van der Waals surface area (Å²) in [5, 5.41) is 0. The van der Waals surface area contributed by atoms with Crippen LogP contribution in [0.25, 0.3) is 0 Å². The van der Waals surface area contributed by atoms with Crippen LogP contribution in [0.1, 0.15) is 57.8 Å².